The maximum atomic E-state index is 14.2. The zero-order valence-electron chi connectivity index (χ0n) is 17.9. The number of aromatic nitrogens is 3. The van der Waals surface area contributed by atoms with E-state index < -0.39 is 17.7 Å². The third-order valence-corrected chi connectivity index (χ3v) is 5.74. The zero-order chi connectivity index (χ0) is 22.1. The van der Waals surface area contributed by atoms with Crippen LogP contribution in [0.1, 0.15) is 24.2 Å². The van der Waals surface area contributed by atoms with Gasteiger partial charge in [-0.1, -0.05) is 6.07 Å². The molecule has 1 saturated heterocycles. The van der Waals surface area contributed by atoms with Crippen molar-refractivity contribution in [1.29, 1.82) is 0 Å². The van der Waals surface area contributed by atoms with Gasteiger partial charge in [-0.25, -0.2) is 8.78 Å². The SMILES string of the molecule is CO[C@H]1CN(c2cnc3c(C)nnc(N[C@H](C)c4ccc(F)cc4F)c3c2)C[C@H]1OC. The number of hydrogen-bond donors (Lipinski definition) is 1. The predicted molar refractivity (Wildman–Crippen MR) is 114 cm³/mol. The van der Waals surface area contributed by atoms with Crippen molar-refractivity contribution in [3.05, 3.63) is 53.4 Å². The summed E-state index contributed by atoms with van der Waals surface area (Å²) in [5.74, 6) is -0.745. The lowest BCUT2D eigenvalue weighted by Crippen LogP contribution is -2.27. The molecule has 1 aliphatic heterocycles. The Balaban J connectivity index is 1.68. The van der Waals surface area contributed by atoms with Crippen LogP contribution in [-0.4, -0.2) is 54.7 Å². The van der Waals surface area contributed by atoms with Crippen molar-refractivity contribution >= 4 is 22.4 Å². The van der Waals surface area contributed by atoms with E-state index in [0.29, 0.717) is 35.7 Å². The summed E-state index contributed by atoms with van der Waals surface area (Å²) in [7, 11) is 3.35. The second kappa shape index (κ2) is 8.68. The maximum Gasteiger partial charge on any atom is 0.158 e. The average Bonchev–Trinajstić information content (AvgIpc) is 3.19. The third-order valence-electron chi connectivity index (χ3n) is 5.74. The smallest absolute Gasteiger partial charge is 0.158 e. The summed E-state index contributed by atoms with van der Waals surface area (Å²) in [6.07, 6.45) is 1.74. The molecule has 1 aliphatic rings. The number of halogens is 2. The quantitative estimate of drug-likeness (QED) is 0.641. The zero-order valence-corrected chi connectivity index (χ0v) is 17.9. The molecule has 4 rings (SSSR count). The van der Waals surface area contributed by atoms with Crippen LogP contribution in [0.4, 0.5) is 20.3 Å². The van der Waals surface area contributed by atoms with E-state index in [1.54, 1.807) is 27.3 Å². The molecule has 0 unspecified atom stereocenters. The molecule has 1 N–H and O–H groups in total. The number of rotatable bonds is 6. The molecule has 0 bridgehead atoms. The molecule has 1 aromatic carbocycles. The number of anilines is 2. The number of fused-ring (bicyclic) bond motifs is 1. The molecular weight excluding hydrogens is 404 g/mol. The first-order valence-electron chi connectivity index (χ1n) is 10.1. The molecule has 3 atom stereocenters. The normalized spacial score (nSPS) is 19.7. The minimum Gasteiger partial charge on any atom is -0.377 e. The minimum atomic E-state index is -0.614. The van der Waals surface area contributed by atoms with Crippen LogP contribution in [0, 0.1) is 18.6 Å². The Kier molecular flexibility index (Phi) is 5.97. The fourth-order valence-corrected chi connectivity index (χ4v) is 3.97. The first kappa shape index (κ1) is 21.3. The molecule has 1 fully saturated rings. The first-order chi connectivity index (χ1) is 14.9. The van der Waals surface area contributed by atoms with E-state index in [1.807, 2.05) is 13.0 Å². The highest BCUT2D eigenvalue weighted by Gasteiger charge is 2.33. The van der Waals surface area contributed by atoms with Crippen molar-refractivity contribution < 1.29 is 18.3 Å². The van der Waals surface area contributed by atoms with Crippen LogP contribution in [0.15, 0.2) is 30.5 Å². The topological polar surface area (TPSA) is 72.4 Å². The van der Waals surface area contributed by atoms with Gasteiger partial charge in [0, 0.05) is 44.3 Å². The number of methoxy groups -OCH3 is 2. The third kappa shape index (κ3) is 4.15. The van der Waals surface area contributed by atoms with Gasteiger partial charge in [-0.3, -0.25) is 4.98 Å². The summed E-state index contributed by atoms with van der Waals surface area (Å²) in [6.45, 7) is 4.99. The van der Waals surface area contributed by atoms with Crippen LogP contribution in [-0.2, 0) is 9.47 Å². The number of hydrogen-bond acceptors (Lipinski definition) is 7. The van der Waals surface area contributed by atoms with Crippen molar-refractivity contribution in [2.24, 2.45) is 0 Å². The van der Waals surface area contributed by atoms with Crippen LogP contribution in [0.25, 0.3) is 10.9 Å². The fourth-order valence-electron chi connectivity index (χ4n) is 3.97. The van der Waals surface area contributed by atoms with Crippen LogP contribution in [0.5, 0.6) is 0 Å². The molecule has 7 nitrogen and oxygen atoms in total. The molecule has 0 amide bonds. The Hall–Kier alpha value is -2.91. The number of pyridine rings is 1. The molecule has 0 saturated carbocycles. The van der Waals surface area contributed by atoms with Gasteiger partial charge in [0.05, 0.1) is 29.1 Å². The Morgan fingerprint density at radius 2 is 1.81 bits per heavy atom. The van der Waals surface area contributed by atoms with Gasteiger partial charge in [0.15, 0.2) is 5.82 Å². The van der Waals surface area contributed by atoms with Gasteiger partial charge >= 0.3 is 0 Å². The second-order valence-corrected chi connectivity index (χ2v) is 7.71. The van der Waals surface area contributed by atoms with Gasteiger partial charge in [-0.15, -0.1) is 5.10 Å². The Morgan fingerprint density at radius 3 is 2.45 bits per heavy atom. The molecule has 31 heavy (non-hydrogen) atoms. The molecule has 0 aliphatic carbocycles. The van der Waals surface area contributed by atoms with Crippen molar-refractivity contribution in [3.8, 4) is 0 Å². The van der Waals surface area contributed by atoms with Crippen molar-refractivity contribution in [2.75, 3.05) is 37.5 Å². The van der Waals surface area contributed by atoms with E-state index >= 15 is 0 Å². The van der Waals surface area contributed by atoms with Gasteiger partial charge in [0.1, 0.15) is 23.8 Å². The van der Waals surface area contributed by atoms with Crippen molar-refractivity contribution in [3.63, 3.8) is 0 Å². The Labute approximate surface area is 179 Å². The van der Waals surface area contributed by atoms with Crippen LogP contribution >= 0.6 is 0 Å². The average molecular weight is 429 g/mol. The molecule has 2 aromatic heterocycles. The molecule has 9 heteroatoms. The van der Waals surface area contributed by atoms with Gasteiger partial charge in [0.25, 0.3) is 0 Å². The standard InChI is InChI=1S/C22H25F2N5O2/c1-12(16-6-5-14(23)7-18(16)24)26-22-17-8-15(9-25-21(17)13(2)27-28-22)29-10-19(30-3)20(11-29)31-4/h5-9,12,19-20H,10-11H2,1-4H3,(H,26,28)/t12-,19-,20+/m1/s1. The Morgan fingerprint density at radius 1 is 1.10 bits per heavy atom. The van der Waals surface area contributed by atoms with Crippen molar-refractivity contribution in [2.45, 2.75) is 32.1 Å². The van der Waals surface area contributed by atoms with Crippen LogP contribution < -0.4 is 10.2 Å². The van der Waals surface area contributed by atoms with Crippen LogP contribution in [0.2, 0.25) is 0 Å². The monoisotopic (exact) mass is 429 g/mol. The summed E-state index contributed by atoms with van der Waals surface area (Å²) >= 11 is 0. The highest BCUT2D eigenvalue weighted by Crippen LogP contribution is 2.31. The van der Waals surface area contributed by atoms with Crippen molar-refractivity contribution in [1.82, 2.24) is 15.2 Å². The lowest BCUT2D eigenvalue weighted by Gasteiger charge is -2.20. The van der Waals surface area contributed by atoms with Gasteiger partial charge in [-0.2, -0.15) is 5.10 Å². The van der Waals surface area contributed by atoms with E-state index in [-0.39, 0.29) is 12.2 Å². The highest BCUT2D eigenvalue weighted by molar-refractivity contribution is 5.92. The molecule has 3 heterocycles. The highest BCUT2D eigenvalue weighted by atomic mass is 19.1. The fraction of sp³-hybridized carbons (Fsp3) is 0.409. The largest absolute Gasteiger partial charge is 0.377 e. The summed E-state index contributed by atoms with van der Waals surface area (Å²) in [5.41, 5.74) is 2.65. The van der Waals surface area contributed by atoms with Gasteiger partial charge in [-0.05, 0) is 26.0 Å². The van der Waals surface area contributed by atoms with E-state index in [4.69, 9.17) is 9.47 Å². The van der Waals surface area contributed by atoms with E-state index in [1.165, 1.54) is 12.1 Å². The number of nitrogens with zero attached hydrogens (tertiary/aromatic N) is 4. The summed E-state index contributed by atoms with van der Waals surface area (Å²) in [6, 6.07) is 5.08. The number of aryl methyl sites for hydroxylation is 1. The lowest BCUT2D eigenvalue weighted by molar-refractivity contribution is -0.00461. The van der Waals surface area contributed by atoms with E-state index in [0.717, 1.165) is 17.1 Å². The molecule has 0 radical (unpaired) electrons. The van der Waals surface area contributed by atoms with Gasteiger partial charge < -0.3 is 19.7 Å². The summed E-state index contributed by atoms with van der Waals surface area (Å²) in [5, 5.41) is 12.4. The van der Waals surface area contributed by atoms with Gasteiger partial charge in [0.2, 0.25) is 0 Å². The van der Waals surface area contributed by atoms with E-state index in [2.05, 4.69) is 25.4 Å². The summed E-state index contributed by atoms with van der Waals surface area (Å²) < 4.78 is 38.6. The Bertz CT molecular complexity index is 1080. The van der Waals surface area contributed by atoms with E-state index in [9.17, 15) is 8.78 Å². The lowest BCUT2D eigenvalue weighted by atomic mass is 10.1. The number of ether oxygens (including phenoxy) is 2. The molecular formula is C22H25F2N5O2. The maximum absolute atomic E-state index is 14.2. The minimum absolute atomic E-state index is 0.0305. The first-order valence-corrected chi connectivity index (χ1v) is 10.1. The second-order valence-electron chi connectivity index (χ2n) is 7.71. The number of benzene rings is 1. The molecule has 0 spiro atoms. The molecule has 164 valence electrons. The summed E-state index contributed by atoms with van der Waals surface area (Å²) in [4.78, 5) is 6.76. The number of nitrogens with one attached hydrogen (secondary N) is 1. The predicted octanol–water partition coefficient (Wildman–Crippen LogP) is 3.63. The van der Waals surface area contributed by atoms with Crippen LogP contribution in [0.3, 0.4) is 0 Å². The molecule has 3 aromatic rings.